The van der Waals surface area contributed by atoms with Crippen molar-refractivity contribution in [3.05, 3.63) is 41.2 Å². The molecule has 0 aliphatic heterocycles. The van der Waals surface area contributed by atoms with Crippen LogP contribution in [-0.4, -0.2) is 54.9 Å². The molecule has 8 heteroatoms. The molecule has 7 nitrogen and oxygen atoms in total. The summed E-state index contributed by atoms with van der Waals surface area (Å²) in [5, 5.41) is 10.4. The molecule has 0 saturated heterocycles. The second-order valence-electron chi connectivity index (χ2n) is 5.96. The lowest BCUT2D eigenvalue weighted by Crippen LogP contribution is -2.30. The third kappa shape index (κ3) is 5.45. The summed E-state index contributed by atoms with van der Waals surface area (Å²) in [4.78, 5) is 14.5. The van der Waals surface area contributed by atoms with Crippen LogP contribution in [0.1, 0.15) is 11.6 Å². The van der Waals surface area contributed by atoms with Gasteiger partial charge in [0.2, 0.25) is 5.91 Å². The summed E-state index contributed by atoms with van der Waals surface area (Å²) in [6.07, 6.45) is 3.46. The molecule has 1 atom stereocenters. The maximum atomic E-state index is 12.5. The van der Waals surface area contributed by atoms with Crippen LogP contribution in [0.15, 0.2) is 30.6 Å². The van der Waals surface area contributed by atoms with E-state index in [-0.39, 0.29) is 5.91 Å². The first-order valence-electron chi connectivity index (χ1n) is 7.94. The highest BCUT2D eigenvalue weighted by atomic mass is 35.5. The Bertz CT molecular complexity index is 717. The molecule has 2 rings (SSSR count). The molecule has 136 valence electrons. The van der Waals surface area contributed by atoms with Crippen LogP contribution in [0.2, 0.25) is 5.02 Å². The molecule has 0 bridgehead atoms. The van der Waals surface area contributed by atoms with E-state index in [1.807, 2.05) is 26.0 Å². The normalized spacial score (nSPS) is 12.2. The number of ether oxygens (including phenoxy) is 1. The molecule has 2 N–H and O–H groups in total. The lowest BCUT2D eigenvalue weighted by atomic mass is 10.1. The fourth-order valence-corrected chi connectivity index (χ4v) is 2.52. The number of likely N-dealkylation sites (N-methyl/N-ethyl adjacent to an activating group) is 2. The molecule has 1 unspecified atom stereocenters. The van der Waals surface area contributed by atoms with E-state index in [4.69, 9.17) is 16.3 Å². The van der Waals surface area contributed by atoms with Gasteiger partial charge in [0.25, 0.3) is 0 Å². The van der Waals surface area contributed by atoms with E-state index < -0.39 is 6.04 Å². The number of hydrogen-bond acceptors (Lipinski definition) is 5. The van der Waals surface area contributed by atoms with Crippen molar-refractivity contribution in [1.82, 2.24) is 20.0 Å². The van der Waals surface area contributed by atoms with Crippen LogP contribution >= 0.6 is 11.6 Å². The van der Waals surface area contributed by atoms with E-state index in [0.717, 1.165) is 12.1 Å². The predicted octanol–water partition coefficient (Wildman–Crippen LogP) is 1.91. The quantitative estimate of drug-likeness (QED) is 0.747. The summed E-state index contributed by atoms with van der Waals surface area (Å²) in [5.41, 5.74) is 1.40. The van der Waals surface area contributed by atoms with Gasteiger partial charge in [-0.25, -0.2) is 0 Å². The van der Waals surface area contributed by atoms with Gasteiger partial charge in [0.05, 0.1) is 11.2 Å². The van der Waals surface area contributed by atoms with E-state index in [0.29, 0.717) is 23.1 Å². The monoisotopic (exact) mass is 365 g/mol. The molecule has 0 radical (unpaired) electrons. The van der Waals surface area contributed by atoms with Gasteiger partial charge in [0, 0.05) is 31.0 Å². The van der Waals surface area contributed by atoms with Crippen LogP contribution in [0.25, 0.3) is 0 Å². The Morgan fingerprint density at radius 2 is 2.20 bits per heavy atom. The van der Waals surface area contributed by atoms with Crippen molar-refractivity contribution < 1.29 is 9.53 Å². The molecule has 0 aliphatic carbocycles. The Labute approximate surface area is 152 Å². The number of nitrogens with one attached hydrogen (secondary N) is 2. The molecule has 2 aromatic rings. The minimum absolute atomic E-state index is 0.187. The van der Waals surface area contributed by atoms with Crippen molar-refractivity contribution in [1.29, 1.82) is 0 Å². The zero-order valence-corrected chi connectivity index (χ0v) is 15.7. The van der Waals surface area contributed by atoms with E-state index >= 15 is 0 Å². The first-order chi connectivity index (χ1) is 11.9. The second-order valence-corrected chi connectivity index (χ2v) is 6.36. The highest BCUT2D eigenvalue weighted by molar-refractivity contribution is 6.32. The van der Waals surface area contributed by atoms with E-state index in [1.54, 1.807) is 42.3 Å². The van der Waals surface area contributed by atoms with Crippen LogP contribution in [0.5, 0.6) is 5.75 Å². The lowest BCUT2D eigenvalue weighted by Gasteiger charge is -2.16. The number of aryl methyl sites for hydroxylation is 1. The smallest absolute Gasteiger partial charge is 0.246 e. The fraction of sp³-hybridized carbons (Fsp3) is 0.412. The zero-order chi connectivity index (χ0) is 18.4. The Kier molecular flexibility index (Phi) is 6.81. The van der Waals surface area contributed by atoms with Gasteiger partial charge in [-0.05, 0) is 39.3 Å². The van der Waals surface area contributed by atoms with E-state index in [2.05, 4.69) is 15.7 Å². The third-order valence-electron chi connectivity index (χ3n) is 3.60. The summed E-state index contributed by atoms with van der Waals surface area (Å²) in [6.45, 7) is 1.34. The number of benzene rings is 1. The third-order valence-corrected chi connectivity index (χ3v) is 3.90. The molecule has 0 aliphatic rings. The molecule has 0 saturated carbocycles. The maximum absolute atomic E-state index is 12.5. The summed E-state index contributed by atoms with van der Waals surface area (Å²) >= 11 is 6.24. The number of carbonyl (C=O) groups is 1. The van der Waals surface area contributed by atoms with Gasteiger partial charge in [-0.3, -0.25) is 9.48 Å². The Hall–Kier alpha value is -2.09. The minimum Gasteiger partial charge on any atom is -0.491 e. The standard InChI is InChI=1S/C17H24ClN5O2/c1-19-16(12-10-20-23(4)11-12)17(24)21-13-5-6-15(14(18)9-13)25-8-7-22(2)3/h5-6,9-11,16,19H,7-8H2,1-4H3,(H,21,24). The van der Waals surface area contributed by atoms with Gasteiger partial charge in [-0.15, -0.1) is 0 Å². The first kappa shape index (κ1) is 19.2. The van der Waals surface area contributed by atoms with Gasteiger partial charge in [-0.2, -0.15) is 5.10 Å². The summed E-state index contributed by atoms with van der Waals surface area (Å²) in [6, 6.07) is 4.71. The van der Waals surface area contributed by atoms with Gasteiger partial charge >= 0.3 is 0 Å². The van der Waals surface area contributed by atoms with Crippen molar-refractivity contribution in [2.75, 3.05) is 39.6 Å². The second kappa shape index (κ2) is 8.84. The molecule has 25 heavy (non-hydrogen) atoms. The van der Waals surface area contributed by atoms with E-state index in [9.17, 15) is 4.79 Å². The van der Waals surface area contributed by atoms with Gasteiger partial charge in [-0.1, -0.05) is 11.6 Å². The SMILES string of the molecule is CNC(C(=O)Nc1ccc(OCCN(C)C)c(Cl)c1)c1cnn(C)c1. The summed E-state index contributed by atoms with van der Waals surface area (Å²) in [7, 11) is 7.49. The van der Waals surface area contributed by atoms with Crippen molar-refractivity contribution in [3.8, 4) is 5.75 Å². The average molecular weight is 366 g/mol. The Morgan fingerprint density at radius 1 is 1.44 bits per heavy atom. The van der Waals surface area contributed by atoms with Crippen LogP contribution in [0, 0.1) is 0 Å². The first-order valence-corrected chi connectivity index (χ1v) is 8.32. The minimum atomic E-state index is -0.497. The molecule has 1 aromatic carbocycles. The van der Waals surface area contributed by atoms with E-state index in [1.165, 1.54) is 0 Å². The number of anilines is 1. The number of hydrogen-bond donors (Lipinski definition) is 2. The topological polar surface area (TPSA) is 71.4 Å². The van der Waals surface area contributed by atoms with Gasteiger partial charge < -0.3 is 20.3 Å². The predicted molar refractivity (Wildman–Crippen MR) is 99.1 cm³/mol. The molecule has 1 amide bonds. The molecule has 1 heterocycles. The van der Waals surface area contributed by atoms with Crippen LogP contribution in [-0.2, 0) is 11.8 Å². The molecular formula is C17H24ClN5O2. The number of halogens is 1. The van der Waals surface area contributed by atoms with Crippen molar-refractivity contribution >= 4 is 23.2 Å². The van der Waals surface area contributed by atoms with Crippen molar-refractivity contribution in [2.45, 2.75) is 6.04 Å². The molecule has 0 spiro atoms. The average Bonchev–Trinajstić information content (AvgIpc) is 2.96. The Morgan fingerprint density at radius 3 is 2.76 bits per heavy atom. The molecule has 0 fully saturated rings. The number of rotatable bonds is 8. The highest BCUT2D eigenvalue weighted by Crippen LogP contribution is 2.28. The number of nitrogens with zero attached hydrogens (tertiary/aromatic N) is 3. The number of aromatic nitrogens is 2. The maximum Gasteiger partial charge on any atom is 0.246 e. The van der Waals surface area contributed by atoms with Crippen LogP contribution < -0.4 is 15.4 Å². The number of amides is 1. The van der Waals surface area contributed by atoms with Gasteiger partial charge in [0.15, 0.2) is 0 Å². The summed E-state index contributed by atoms with van der Waals surface area (Å²) < 4.78 is 7.30. The van der Waals surface area contributed by atoms with Crippen molar-refractivity contribution in [2.24, 2.45) is 7.05 Å². The highest BCUT2D eigenvalue weighted by Gasteiger charge is 2.20. The van der Waals surface area contributed by atoms with Gasteiger partial charge in [0.1, 0.15) is 18.4 Å². The largest absolute Gasteiger partial charge is 0.491 e. The fourth-order valence-electron chi connectivity index (χ4n) is 2.29. The van der Waals surface area contributed by atoms with Crippen LogP contribution in [0.3, 0.4) is 0 Å². The molecule has 1 aromatic heterocycles. The lowest BCUT2D eigenvalue weighted by molar-refractivity contribution is -0.118. The Balaban J connectivity index is 2.01. The van der Waals surface area contributed by atoms with Crippen LogP contribution in [0.4, 0.5) is 5.69 Å². The zero-order valence-electron chi connectivity index (χ0n) is 14.9. The summed E-state index contributed by atoms with van der Waals surface area (Å²) in [5.74, 6) is 0.409. The number of carbonyl (C=O) groups excluding carboxylic acids is 1. The van der Waals surface area contributed by atoms with Crippen molar-refractivity contribution in [3.63, 3.8) is 0 Å². The molecular weight excluding hydrogens is 342 g/mol.